The van der Waals surface area contributed by atoms with Gasteiger partial charge in [-0.25, -0.2) is 4.39 Å². The highest BCUT2D eigenvalue weighted by molar-refractivity contribution is 5.96. The maximum absolute atomic E-state index is 13.1. The molecule has 19 heavy (non-hydrogen) atoms. The van der Waals surface area contributed by atoms with Crippen molar-refractivity contribution in [2.45, 2.75) is 25.7 Å². The number of halogens is 1. The smallest absolute Gasteiger partial charge is 0.305 e. The van der Waals surface area contributed by atoms with E-state index in [4.69, 9.17) is 5.26 Å². The van der Waals surface area contributed by atoms with Crippen molar-refractivity contribution in [2.75, 3.05) is 7.11 Å². The summed E-state index contributed by atoms with van der Waals surface area (Å²) in [6.07, 6.45) is 1.64. The van der Waals surface area contributed by atoms with Gasteiger partial charge in [-0.1, -0.05) is 0 Å². The van der Waals surface area contributed by atoms with Gasteiger partial charge in [-0.05, 0) is 31.0 Å². The van der Waals surface area contributed by atoms with Gasteiger partial charge < -0.3 is 4.74 Å². The lowest BCUT2D eigenvalue weighted by Crippen LogP contribution is -2.03. The number of ether oxygens (including phenoxy) is 1. The van der Waals surface area contributed by atoms with Crippen molar-refractivity contribution in [1.82, 2.24) is 0 Å². The third-order valence-corrected chi connectivity index (χ3v) is 2.67. The number of rotatable bonds is 6. The number of unbranched alkanes of at least 4 members (excludes halogenated alkanes) is 1. The van der Waals surface area contributed by atoms with Crippen LogP contribution >= 0.6 is 0 Å². The number of nitrogens with zero attached hydrogens (tertiary/aromatic N) is 1. The van der Waals surface area contributed by atoms with Crippen molar-refractivity contribution < 1.29 is 18.7 Å². The molecule has 1 rings (SSSR count). The predicted molar refractivity (Wildman–Crippen MR) is 65.9 cm³/mol. The number of carbonyl (C=O) groups excluding carboxylic acids is 2. The molecule has 5 heteroatoms. The second kappa shape index (κ2) is 7.27. The van der Waals surface area contributed by atoms with E-state index in [0.29, 0.717) is 18.4 Å². The largest absolute Gasteiger partial charge is 0.469 e. The Morgan fingerprint density at radius 3 is 2.63 bits per heavy atom. The molecule has 100 valence electrons. The Morgan fingerprint density at radius 1 is 1.32 bits per heavy atom. The van der Waals surface area contributed by atoms with Crippen LogP contribution in [-0.2, 0) is 9.53 Å². The minimum atomic E-state index is -0.634. The van der Waals surface area contributed by atoms with E-state index in [0.717, 1.165) is 6.07 Å². The number of carbonyl (C=O) groups is 2. The first kappa shape index (κ1) is 14.8. The topological polar surface area (TPSA) is 67.2 Å². The molecule has 0 unspecified atom stereocenters. The third-order valence-electron chi connectivity index (χ3n) is 2.67. The maximum Gasteiger partial charge on any atom is 0.305 e. The Kier molecular flexibility index (Phi) is 5.68. The van der Waals surface area contributed by atoms with Crippen LogP contribution in [0.2, 0.25) is 0 Å². The summed E-state index contributed by atoms with van der Waals surface area (Å²) in [5.41, 5.74) is 0.177. The van der Waals surface area contributed by atoms with Gasteiger partial charge >= 0.3 is 5.97 Å². The van der Waals surface area contributed by atoms with E-state index in [1.165, 1.54) is 19.2 Å². The molecule has 0 aliphatic rings. The zero-order valence-electron chi connectivity index (χ0n) is 10.6. The molecule has 0 aliphatic heterocycles. The number of benzene rings is 1. The highest BCUT2D eigenvalue weighted by atomic mass is 19.1. The second-order valence-corrected chi connectivity index (χ2v) is 4.01. The summed E-state index contributed by atoms with van der Waals surface area (Å²) in [4.78, 5) is 22.7. The van der Waals surface area contributed by atoms with Crippen LogP contribution in [0.15, 0.2) is 18.2 Å². The predicted octanol–water partition coefficient (Wildman–Crippen LogP) is 2.61. The summed E-state index contributed by atoms with van der Waals surface area (Å²) in [7, 11) is 1.31. The molecule has 0 saturated heterocycles. The van der Waals surface area contributed by atoms with Gasteiger partial charge in [0, 0.05) is 18.4 Å². The van der Waals surface area contributed by atoms with E-state index in [-0.39, 0.29) is 30.2 Å². The van der Waals surface area contributed by atoms with E-state index in [9.17, 15) is 14.0 Å². The minimum absolute atomic E-state index is 0.139. The average molecular weight is 263 g/mol. The molecule has 0 aliphatic carbocycles. The number of hydrogen-bond acceptors (Lipinski definition) is 4. The zero-order valence-corrected chi connectivity index (χ0v) is 10.6. The highest BCUT2D eigenvalue weighted by Crippen LogP contribution is 2.13. The quantitative estimate of drug-likeness (QED) is 0.449. The molecule has 0 saturated carbocycles. The SMILES string of the molecule is COC(=O)CCCCC(=O)c1ccc(F)c(C#N)c1. The van der Waals surface area contributed by atoms with Crippen molar-refractivity contribution >= 4 is 11.8 Å². The number of ketones is 1. The Hall–Kier alpha value is -2.22. The minimum Gasteiger partial charge on any atom is -0.469 e. The molecular formula is C14H14FNO3. The normalized spacial score (nSPS) is 9.74. The lowest BCUT2D eigenvalue weighted by Gasteiger charge is -2.02. The number of methoxy groups -OCH3 is 1. The van der Waals surface area contributed by atoms with Crippen LogP contribution in [0, 0.1) is 17.1 Å². The molecule has 4 nitrogen and oxygen atoms in total. The van der Waals surface area contributed by atoms with Gasteiger partial charge in [0.2, 0.25) is 0 Å². The van der Waals surface area contributed by atoms with Gasteiger partial charge in [0.05, 0.1) is 12.7 Å². The van der Waals surface area contributed by atoms with Crippen molar-refractivity contribution in [3.63, 3.8) is 0 Å². The van der Waals surface area contributed by atoms with Crippen LogP contribution in [0.25, 0.3) is 0 Å². The molecule has 0 atom stereocenters. The summed E-state index contributed by atoms with van der Waals surface area (Å²) in [6.45, 7) is 0. The van der Waals surface area contributed by atoms with E-state index < -0.39 is 5.82 Å². The Labute approximate surface area is 110 Å². The number of hydrogen-bond donors (Lipinski definition) is 0. The van der Waals surface area contributed by atoms with E-state index in [2.05, 4.69) is 4.74 Å². The van der Waals surface area contributed by atoms with Gasteiger partial charge in [0.25, 0.3) is 0 Å². The van der Waals surface area contributed by atoms with Crippen LogP contribution in [0.4, 0.5) is 4.39 Å². The van der Waals surface area contributed by atoms with Crippen LogP contribution in [0.1, 0.15) is 41.6 Å². The zero-order chi connectivity index (χ0) is 14.3. The molecule has 0 aromatic heterocycles. The molecule has 0 amide bonds. The summed E-state index contributed by atoms with van der Waals surface area (Å²) < 4.78 is 17.6. The lowest BCUT2D eigenvalue weighted by molar-refractivity contribution is -0.140. The molecule has 0 fully saturated rings. The van der Waals surface area contributed by atoms with Crippen LogP contribution < -0.4 is 0 Å². The molecule has 0 radical (unpaired) electrons. The molecular weight excluding hydrogens is 249 g/mol. The van der Waals surface area contributed by atoms with Gasteiger partial charge in [0.1, 0.15) is 11.9 Å². The first-order valence-corrected chi connectivity index (χ1v) is 5.88. The standard InChI is InChI=1S/C14H14FNO3/c1-19-14(18)5-3-2-4-13(17)10-6-7-12(15)11(8-10)9-16/h6-8H,2-5H2,1H3. The Morgan fingerprint density at radius 2 is 2.00 bits per heavy atom. The number of esters is 1. The maximum atomic E-state index is 13.1. The average Bonchev–Trinajstić information content (AvgIpc) is 2.43. The Balaban J connectivity index is 2.50. The molecule has 1 aromatic rings. The van der Waals surface area contributed by atoms with Crippen molar-refractivity contribution in [2.24, 2.45) is 0 Å². The van der Waals surface area contributed by atoms with E-state index in [1.54, 1.807) is 6.07 Å². The fourth-order valence-electron chi connectivity index (χ4n) is 1.59. The summed E-state index contributed by atoms with van der Waals surface area (Å²) in [5, 5.41) is 8.67. The molecule has 1 aromatic carbocycles. The van der Waals surface area contributed by atoms with Crippen LogP contribution in [-0.4, -0.2) is 18.9 Å². The fraction of sp³-hybridized carbons (Fsp3) is 0.357. The van der Waals surface area contributed by atoms with Gasteiger partial charge in [0.15, 0.2) is 5.78 Å². The first-order valence-electron chi connectivity index (χ1n) is 5.88. The molecule has 0 heterocycles. The molecule has 0 bridgehead atoms. The highest BCUT2D eigenvalue weighted by Gasteiger charge is 2.10. The van der Waals surface area contributed by atoms with E-state index >= 15 is 0 Å². The summed E-state index contributed by atoms with van der Waals surface area (Å²) >= 11 is 0. The van der Waals surface area contributed by atoms with Crippen molar-refractivity contribution in [1.29, 1.82) is 5.26 Å². The number of Topliss-reactive ketones (excluding diaryl/α,β-unsaturated/α-hetero) is 1. The monoisotopic (exact) mass is 263 g/mol. The third kappa shape index (κ3) is 4.51. The van der Waals surface area contributed by atoms with Gasteiger partial charge in [-0.2, -0.15) is 5.26 Å². The summed E-state index contributed by atoms with van der Waals surface area (Å²) in [6, 6.07) is 5.41. The van der Waals surface area contributed by atoms with Crippen molar-refractivity contribution in [3.05, 3.63) is 35.1 Å². The fourth-order valence-corrected chi connectivity index (χ4v) is 1.59. The lowest BCUT2D eigenvalue weighted by atomic mass is 10.0. The van der Waals surface area contributed by atoms with Crippen LogP contribution in [0.5, 0.6) is 0 Å². The summed E-state index contributed by atoms with van der Waals surface area (Å²) in [5.74, 6) is -1.10. The Bertz CT molecular complexity index is 520. The van der Waals surface area contributed by atoms with Gasteiger partial charge in [-0.15, -0.1) is 0 Å². The molecule has 0 N–H and O–H groups in total. The second-order valence-electron chi connectivity index (χ2n) is 4.01. The first-order chi connectivity index (χ1) is 9.08. The van der Waals surface area contributed by atoms with Crippen LogP contribution in [0.3, 0.4) is 0 Å². The van der Waals surface area contributed by atoms with E-state index in [1.807, 2.05) is 0 Å². The number of nitriles is 1. The van der Waals surface area contributed by atoms with Crippen molar-refractivity contribution in [3.8, 4) is 6.07 Å². The molecule has 0 spiro atoms. The van der Waals surface area contributed by atoms with Gasteiger partial charge in [-0.3, -0.25) is 9.59 Å².